The number of rotatable bonds is 4. The van der Waals surface area contributed by atoms with Crippen LogP contribution in [0.5, 0.6) is 0 Å². The van der Waals surface area contributed by atoms with E-state index in [1.54, 1.807) is 6.07 Å². The number of nitrogens with one attached hydrogen (secondary N) is 1. The quantitative estimate of drug-likeness (QED) is 0.885. The predicted molar refractivity (Wildman–Crippen MR) is 75.0 cm³/mol. The van der Waals surface area contributed by atoms with E-state index in [0.29, 0.717) is 22.4 Å². The van der Waals surface area contributed by atoms with Gasteiger partial charge in [-0.2, -0.15) is 0 Å². The Labute approximate surface area is 118 Å². The smallest absolute Gasteiger partial charge is 0.220 e. The first kappa shape index (κ1) is 13.7. The topological polar surface area (TPSA) is 29.1 Å². The molecule has 0 saturated heterocycles. The Morgan fingerprint density at radius 1 is 1.39 bits per heavy atom. The van der Waals surface area contributed by atoms with E-state index in [0.717, 1.165) is 18.4 Å². The van der Waals surface area contributed by atoms with Gasteiger partial charge in [0.05, 0.1) is 5.54 Å². The van der Waals surface area contributed by atoms with Gasteiger partial charge < -0.3 is 5.32 Å². The lowest BCUT2D eigenvalue weighted by Gasteiger charge is -2.20. The van der Waals surface area contributed by atoms with Crippen LogP contribution >= 0.6 is 23.2 Å². The average molecular weight is 286 g/mol. The van der Waals surface area contributed by atoms with Gasteiger partial charge in [-0.3, -0.25) is 4.79 Å². The molecular formula is C14H17Cl2NO. The summed E-state index contributed by atoms with van der Waals surface area (Å²) in [6, 6.07) is 5.46. The van der Waals surface area contributed by atoms with Crippen LogP contribution in [0.2, 0.25) is 10.0 Å². The molecule has 0 bridgehead atoms. The van der Waals surface area contributed by atoms with E-state index in [2.05, 4.69) is 5.32 Å². The second-order valence-corrected chi connectivity index (χ2v) is 6.20. The largest absolute Gasteiger partial charge is 0.347 e. The van der Waals surface area contributed by atoms with Gasteiger partial charge in [-0.05, 0) is 36.5 Å². The zero-order valence-electron chi connectivity index (χ0n) is 10.6. The van der Waals surface area contributed by atoms with Gasteiger partial charge in [0, 0.05) is 16.5 Å². The number of carbonyl (C=O) groups is 1. The van der Waals surface area contributed by atoms with Gasteiger partial charge >= 0.3 is 0 Å². The van der Waals surface area contributed by atoms with Crippen LogP contribution in [0.3, 0.4) is 0 Å². The van der Waals surface area contributed by atoms with Crippen LogP contribution in [0.15, 0.2) is 18.2 Å². The first-order valence-electron chi connectivity index (χ1n) is 6.19. The van der Waals surface area contributed by atoms with E-state index in [-0.39, 0.29) is 11.4 Å². The van der Waals surface area contributed by atoms with Gasteiger partial charge in [0.15, 0.2) is 0 Å². The Balaban J connectivity index is 2.14. The highest BCUT2D eigenvalue weighted by molar-refractivity contribution is 6.35. The zero-order chi connectivity index (χ0) is 13.3. The number of carbonyl (C=O) groups excluding carboxylic acids is 1. The van der Waals surface area contributed by atoms with Gasteiger partial charge in [0.2, 0.25) is 5.91 Å². The molecule has 1 amide bonds. The molecule has 0 aromatic heterocycles. The maximum absolute atomic E-state index is 11.9. The Kier molecular flexibility index (Phi) is 3.88. The summed E-state index contributed by atoms with van der Waals surface area (Å²) in [5.41, 5.74) is 0.721. The maximum atomic E-state index is 11.9. The molecule has 0 radical (unpaired) electrons. The van der Waals surface area contributed by atoms with Crippen LogP contribution in [0.4, 0.5) is 0 Å². The van der Waals surface area contributed by atoms with Crippen molar-refractivity contribution in [3.63, 3.8) is 0 Å². The van der Waals surface area contributed by atoms with Crippen LogP contribution in [-0.2, 0) is 10.3 Å². The molecule has 1 aliphatic carbocycles. The Hall–Kier alpha value is -0.730. The van der Waals surface area contributed by atoms with Crippen LogP contribution in [0.1, 0.15) is 38.7 Å². The minimum atomic E-state index is -0.256. The highest BCUT2D eigenvalue weighted by Crippen LogP contribution is 2.48. The molecule has 1 N–H and O–H groups in total. The lowest BCUT2D eigenvalue weighted by atomic mass is 10.0. The van der Waals surface area contributed by atoms with E-state index < -0.39 is 0 Å². The first-order valence-corrected chi connectivity index (χ1v) is 6.95. The minimum absolute atomic E-state index is 0.0912. The number of benzene rings is 1. The van der Waals surface area contributed by atoms with E-state index in [4.69, 9.17) is 23.2 Å². The first-order chi connectivity index (χ1) is 8.43. The molecule has 1 fully saturated rings. The summed E-state index contributed by atoms with van der Waals surface area (Å²) in [6.07, 6.45) is 2.43. The van der Waals surface area contributed by atoms with Gasteiger partial charge in [0.1, 0.15) is 0 Å². The highest BCUT2D eigenvalue weighted by Gasteiger charge is 2.46. The van der Waals surface area contributed by atoms with Gasteiger partial charge in [-0.1, -0.05) is 43.1 Å². The molecule has 1 aromatic carbocycles. The zero-order valence-corrected chi connectivity index (χ0v) is 12.1. The van der Waals surface area contributed by atoms with Crippen LogP contribution in [0, 0.1) is 5.92 Å². The van der Waals surface area contributed by atoms with Crippen LogP contribution in [-0.4, -0.2) is 5.91 Å². The highest BCUT2D eigenvalue weighted by atomic mass is 35.5. The third kappa shape index (κ3) is 2.99. The molecule has 18 heavy (non-hydrogen) atoms. The Bertz CT molecular complexity index is 467. The summed E-state index contributed by atoms with van der Waals surface area (Å²) in [7, 11) is 0. The van der Waals surface area contributed by atoms with E-state index in [1.165, 1.54) is 0 Å². The molecule has 2 rings (SSSR count). The fourth-order valence-corrected chi connectivity index (χ4v) is 2.74. The number of halogens is 2. The molecule has 98 valence electrons. The fraction of sp³-hybridized carbons (Fsp3) is 0.500. The monoisotopic (exact) mass is 285 g/mol. The van der Waals surface area contributed by atoms with Crippen molar-refractivity contribution in [2.75, 3.05) is 0 Å². The number of hydrogen-bond acceptors (Lipinski definition) is 1. The molecule has 0 unspecified atom stereocenters. The minimum Gasteiger partial charge on any atom is -0.347 e. The third-order valence-corrected chi connectivity index (χ3v) is 3.72. The van der Waals surface area contributed by atoms with E-state index in [1.807, 2.05) is 26.0 Å². The van der Waals surface area contributed by atoms with Crippen molar-refractivity contribution < 1.29 is 4.79 Å². The standard InChI is InChI=1S/C14H17Cl2NO/c1-9(2)7-13(18)17-14(5-6-14)11-4-3-10(15)8-12(11)16/h3-4,8-9H,5-7H2,1-2H3,(H,17,18). The predicted octanol–water partition coefficient (Wildman–Crippen LogP) is 4.14. The number of hydrogen-bond donors (Lipinski definition) is 1. The average Bonchev–Trinajstić information content (AvgIpc) is 2.96. The molecular weight excluding hydrogens is 269 g/mol. The molecule has 1 aliphatic rings. The van der Waals surface area contributed by atoms with Gasteiger partial charge in [0.25, 0.3) is 0 Å². The molecule has 0 atom stereocenters. The molecule has 0 spiro atoms. The molecule has 0 aliphatic heterocycles. The normalized spacial score (nSPS) is 16.7. The summed E-state index contributed by atoms with van der Waals surface area (Å²) in [6.45, 7) is 4.07. The third-order valence-electron chi connectivity index (χ3n) is 3.17. The van der Waals surface area contributed by atoms with Gasteiger partial charge in [-0.25, -0.2) is 0 Å². The Morgan fingerprint density at radius 2 is 2.06 bits per heavy atom. The lowest BCUT2D eigenvalue weighted by Crippen LogP contribution is -2.35. The number of amides is 1. The van der Waals surface area contributed by atoms with Crippen molar-refractivity contribution >= 4 is 29.1 Å². The van der Waals surface area contributed by atoms with Crippen molar-refractivity contribution in [2.24, 2.45) is 5.92 Å². The van der Waals surface area contributed by atoms with E-state index >= 15 is 0 Å². The molecule has 0 heterocycles. The van der Waals surface area contributed by atoms with E-state index in [9.17, 15) is 4.79 Å². The second kappa shape index (κ2) is 5.10. The van der Waals surface area contributed by atoms with Crippen molar-refractivity contribution in [1.29, 1.82) is 0 Å². The van der Waals surface area contributed by atoms with Crippen LogP contribution < -0.4 is 5.32 Å². The second-order valence-electron chi connectivity index (χ2n) is 5.35. The summed E-state index contributed by atoms with van der Waals surface area (Å²) < 4.78 is 0. The van der Waals surface area contributed by atoms with Gasteiger partial charge in [-0.15, -0.1) is 0 Å². The molecule has 1 aromatic rings. The molecule has 2 nitrogen and oxygen atoms in total. The summed E-state index contributed by atoms with van der Waals surface area (Å²) >= 11 is 12.1. The molecule has 4 heteroatoms. The fourth-order valence-electron chi connectivity index (χ4n) is 2.15. The van der Waals surface area contributed by atoms with Crippen LogP contribution in [0.25, 0.3) is 0 Å². The van der Waals surface area contributed by atoms with Crippen molar-refractivity contribution in [3.05, 3.63) is 33.8 Å². The summed E-state index contributed by atoms with van der Waals surface area (Å²) in [5.74, 6) is 0.454. The maximum Gasteiger partial charge on any atom is 0.220 e. The van der Waals surface area contributed by atoms with Crippen molar-refractivity contribution in [1.82, 2.24) is 5.32 Å². The summed E-state index contributed by atoms with van der Waals surface area (Å²) in [4.78, 5) is 11.9. The molecule has 1 saturated carbocycles. The Morgan fingerprint density at radius 3 is 2.56 bits per heavy atom. The SMILES string of the molecule is CC(C)CC(=O)NC1(c2ccc(Cl)cc2Cl)CC1. The lowest BCUT2D eigenvalue weighted by molar-refractivity contribution is -0.122. The van der Waals surface area contributed by atoms with Crippen molar-refractivity contribution in [2.45, 2.75) is 38.6 Å². The van der Waals surface area contributed by atoms with Crippen molar-refractivity contribution in [3.8, 4) is 0 Å². The summed E-state index contributed by atoms with van der Waals surface area (Å²) in [5, 5.41) is 4.36.